The van der Waals surface area contributed by atoms with Crippen molar-refractivity contribution in [2.75, 3.05) is 0 Å². The van der Waals surface area contributed by atoms with Gasteiger partial charge < -0.3 is 5.11 Å². The van der Waals surface area contributed by atoms with E-state index in [2.05, 4.69) is 13.8 Å². The standard InChI is InChI=1S/C3H7O.2C3H7.Al/c1-3(2)4;2*1-3-2;/h3H,1-2H3;2*1,3H2,2H3;/q-1;;;+1. The Labute approximate surface area is 77.9 Å². The van der Waals surface area contributed by atoms with Crippen molar-refractivity contribution < 1.29 is 5.11 Å². The molecule has 11 heavy (non-hydrogen) atoms. The fourth-order valence-corrected chi connectivity index (χ4v) is 1.66. The Bertz CT molecular complexity index is 48.8. The second-order valence-corrected chi connectivity index (χ2v) is 4.65. The molecule has 0 aromatic heterocycles. The van der Waals surface area contributed by atoms with E-state index in [4.69, 9.17) is 0 Å². The number of hydrogen-bond acceptors (Lipinski definition) is 1. The summed E-state index contributed by atoms with van der Waals surface area (Å²) in [6.07, 6.45) is 2.38. The Balaban J connectivity index is 0. The first kappa shape index (κ1) is 14.0. The topological polar surface area (TPSA) is 23.1 Å². The van der Waals surface area contributed by atoms with Crippen molar-refractivity contribution >= 4 is 15.2 Å². The zero-order chi connectivity index (χ0) is 9.11. The van der Waals surface area contributed by atoms with E-state index in [1.165, 1.54) is 23.4 Å². The molecule has 1 nitrogen and oxygen atoms in total. The molecule has 0 unspecified atom stereocenters. The van der Waals surface area contributed by atoms with Crippen LogP contribution >= 0.6 is 0 Å². The summed E-state index contributed by atoms with van der Waals surface area (Å²) >= 11 is 0.822. The van der Waals surface area contributed by atoms with Gasteiger partial charge in [-0.3, -0.25) is 0 Å². The summed E-state index contributed by atoms with van der Waals surface area (Å²) in [4.78, 5) is 0. The van der Waals surface area contributed by atoms with Crippen molar-refractivity contribution in [3.8, 4) is 0 Å². The van der Waals surface area contributed by atoms with Gasteiger partial charge in [0.15, 0.2) is 0 Å². The molecule has 0 spiro atoms. The van der Waals surface area contributed by atoms with E-state index in [-0.39, 0.29) is 0 Å². The summed E-state index contributed by atoms with van der Waals surface area (Å²) in [5.41, 5.74) is 0. The Morgan fingerprint density at radius 2 is 1.36 bits per heavy atom. The number of rotatable bonds is 4. The van der Waals surface area contributed by atoms with Crippen molar-refractivity contribution in [1.29, 1.82) is 0 Å². The minimum absolute atomic E-state index is 0.417. The Morgan fingerprint density at radius 1 is 1.09 bits per heavy atom. The molecule has 0 fully saturated rings. The van der Waals surface area contributed by atoms with Crippen LogP contribution in [0.2, 0.25) is 10.6 Å². The van der Waals surface area contributed by atoms with Gasteiger partial charge in [0.1, 0.15) is 0 Å². The SMILES string of the molecule is CC(C)[O-].CC[CH2][Al+][CH2]CC. The predicted molar refractivity (Wildman–Crippen MR) is 51.1 cm³/mol. The van der Waals surface area contributed by atoms with Gasteiger partial charge in [0.2, 0.25) is 0 Å². The van der Waals surface area contributed by atoms with Crippen molar-refractivity contribution in [3.63, 3.8) is 0 Å². The maximum atomic E-state index is 9.53. The van der Waals surface area contributed by atoms with Gasteiger partial charge in [0.05, 0.1) is 0 Å². The van der Waals surface area contributed by atoms with Gasteiger partial charge in [-0.1, -0.05) is 13.8 Å². The van der Waals surface area contributed by atoms with E-state index in [1.807, 2.05) is 0 Å². The van der Waals surface area contributed by atoms with Crippen LogP contribution in [0.4, 0.5) is 0 Å². The molecule has 0 atom stereocenters. The third-order valence-electron chi connectivity index (χ3n) is 0.986. The maximum absolute atomic E-state index is 9.53. The molecule has 0 bridgehead atoms. The number of hydrogen-bond donors (Lipinski definition) is 0. The summed E-state index contributed by atoms with van der Waals surface area (Å²) in [5, 5.41) is 12.5. The van der Waals surface area contributed by atoms with E-state index in [0.717, 1.165) is 15.2 Å². The summed E-state index contributed by atoms with van der Waals surface area (Å²) < 4.78 is 0. The van der Waals surface area contributed by atoms with Crippen LogP contribution in [0, 0.1) is 0 Å². The summed E-state index contributed by atoms with van der Waals surface area (Å²) in [6.45, 7) is 7.76. The van der Waals surface area contributed by atoms with Gasteiger partial charge in [0, 0.05) is 0 Å². The fourth-order valence-electron chi connectivity index (χ4n) is 0.553. The Kier molecular flexibility index (Phi) is 16.7. The fraction of sp³-hybridized carbons (Fsp3) is 1.00. The zero-order valence-electron chi connectivity index (χ0n) is 8.39. The average Bonchev–Trinajstić information content (AvgIpc) is 1.88. The molecule has 0 saturated carbocycles. The van der Waals surface area contributed by atoms with E-state index in [9.17, 15) is 5.11 Å². The molecule has 0 amide bonds. The van der Waals surface area contributed by atoms with Crippen LogP contribution < -0.4 is 5.11 Å². The van der Waals surface area contributed by atoms with Crippen molar-refractivity contribution in [2.24, 2.45) is 0 Å². The predicted octanol–water partition coefficient (Wildman–Crippen LogP) is 2.10. The molecule has 0 saturated heterocycles. The quantitative estimate of drug-likeness (QED) is 0.470. The third kappa shape index (κ3) is 37.5. The van der Waals surface area contributed by atoms with Gasteiger partial charge in [-0.15, -0.1) is 6.10 Å². The molecule has 0 radical (unpaired) electrons. The second kappa shape index (κ2) is 13.1. The van der Waals surface area contributed by atoms with Gasteiger partial charge >= 0.3 is 52.5 Å². The molecule has 0 N–H and O–H groups in total. The van der Waals surface area contributed by atoms with Crippen LogP contribution in [-0.2, 0) is 0 Å². The van der Waals surface area contributed by atoms with E-state index >= 15 is 0 Å². The van der Waals surface area contributed by atoms with Crippen LogP contribution in [0.3, 0.4) is 0 Å². The van der Waals surface area contributed by atoms with Crippen molar-refractivity contribution in [3.05, 3.63) is 0 Å². The monoisotopic (exact) mass is 172 g/mol. The van der Waals surface area contributed by atoms with Gasteiger partial charge in [-0.05, 0) is 0 Å². The van der Waals surface area contributed by atoms with Crippen LogP contribution in [0.5, 0.6) is 0 Å². The molecule has 0 heterocycles. The second-order valence-electron chi connectivity index (χ2n) is 2.91. The summed E-state index contributed by atoms with van der Waals surface area (Å²) in [6, 6.07) is 0. The zero-order valence-corrected chi connectivity index (χ0v) is 9.55. The normalized spacial score (nSPS) is 8.55. The van der Waals surface area contributed by atoms with Gasteiger partial charge in [0.25, 0.3) is 0 Å². The molecule has 2 heteroatoms. The molecule has 0 aromatic rings. The van der Waals surface area contributed by atoms with E-state index in [0.29, 0.717) is 0 Å². The molecule has 66 valence electrons. The summed E-state index contributed by atoms with van der Waals surface area (Å²) in [5.74, 6) is 0. The van der Waals surface area contributed by atoms with Gasteiger partial charge in [-0.2, -0.15) is 0 Å². The van der Waals surface area contributed by atoms with Crippen LogP contribution in [-0.4, -0.2) is 21.3 Å². The summed E-state index contributed by atoms with van der Waals surface area (Å²) in [7, 11) is 0. The van der Waals surface area contributed by atoms with Crippen LogP contribution in [0.1, 0.15) is 40.5 Å². The first-order valence-corrected chi connectivity index (χ1v) is 6.25. The van der Waals surface area contributed by atoms with Crippen LogP contribution in [0.15, 0.2) is 0 Å². The first-order valence-electron chi connectivity index (χ1n) is 4.62. The average molecular weight is 172 g/mol. The van der Waals surface area contributed by atoms with E-state index < -0.39 is 6.10 Å². The molecule has 0 aliphatic rings. The van der Waals surface area contributed by atoms with E-state index in [1.54, 1.807) is 13.8 Å². The third-order valence-corrected chi connectivity index (χ3v) is 2.96. The minimum atomic E-state index is -0.417. The molecule has 0 aliphatic heterocycles. The molecular weight excluding hydrogens is 151 g/mol. The molecule has 0 aliphatic carbocycles. The molecular formula is C9H21AlO. The van der Waals surface area contributed by atoms with Crippen LogP contribution in [0.25, 0.3) is 0 Å². The van der Waals surface area contributed by atoms with Gasteiger partial charge in [-0.25, -0.2) is 0 Å². The van der Waals surface area contributed by atoms with Crippen molar-refractivity contribution in [2.45, 2.75) is 57.2 Å². The Hall–Kier alpha value is 0.492. The van der Waals surface area contributed by atoms with Crippen molar-refractivity contribution in [1.82, 2.24) is 0 Å². The molecule has 0 aromatic carbocycles. The molecule has 0 rings (SSSR count). The Morgan fingerprint density at radius 3 is 1.55 bits per heavy atom. The first-order chi connectivity index (χ1) is 5.15.